The van der Waals surface area contributed by atoms with Crippen LogP contribution in [0.25, 0.3) is 0 Å². The number of nitrogens with one attached hydrogen (secondary N) is 1. The quantitative estimate of drug-likeness (QED) is 0.902. The molecule has 2 N–H and O–H groups in total. The number of aromatic nitrogens is 2. The van der Waals surface area contributed by atoms with Crippen molar-refractivity contribution < 1.29 is 14.7 Å². The zero-order valence-corrected chi connectivity index (χ0v) is 11.8. The molecule has 0 bridgehead atoms. The van der Waals surface area contributed by atoms with Crippen LogP contribution in [0.15, 0.2) is 18.2 Å². The third-order valence-electron chi connectivity index (χ3n) is 2.84. The molecule has 0 aliphatic rings. The zero-order valence-electron chi connectivity index (χ0n) is 11.0. The second-order valence-electron chi connectivity index (χ2n) is 4.16. The molecule has 2 aromatic rings. The summed E-state index contributed by atoms with van der Waals surface area (Å²) in [5, 5.41) is 15.7. The Balaban J connectivity index is 2.35. The van der Waals surface area contributed by atoms with Gasteiger partial charge < -0.3 is 10.4 Å². The van der Waals surface area contributed by atoms with Gasteiger partial charge in [-0.1, -0.05) is 23.5 Å². The van der Waals surface area contributed by atoms with Crippen LogP contribution in [-0.2, 0) is 6.42 Å². The number of amides is 1. The molecule has 104 valence electrons. The van der Waals surface area contributed by atoms with Gasteiger partial charge in [0.15, 0.2) is 0 Å². The van der Waals surface area contributed by atoms with Crippen LogP contribution in [0, 0.1) is 6.92 Å². The number of carboxylic acid groups (broad SMARTS) is 1. The van der Waals surface area contributed by atoms with E-state index in [9.17, 15) is 9.59 Å². The number of aryl methyl sites for hydroxylation is 2. The van der Waals surface area contributed by atoms with E-state index in [0.717, 1.165) is 11.5 Å². The lowest BCUT2D eigenvalue weighted by Crippen LogP contribution is -2.16. The number of anilines is 1. The third-order valence-corrected chi connectivity index (χ3v) is 3.61. The van der Waals surface area contributed by atoms with Gasteiger partial charge in [0, 0.05) is 0 Å². The first kappa shape index (κ1) is 14.1. The average molecular weight is 291 g/mol. The highest BCUT2D eigenvalue weighted by atomic mass is 32.1. The van der Waals surface area contributed by atoms with Crippen LogP contribution in [0.3, 0.4) is 0 Å². The molecule has 0 aliphatic carbocycles. The van der Waals surface area contributed by atoms with Crippen molar-refractivity contribution in [2.75, 3.05) is 5.32 Å². The van der Waals surface area contributed by atoms with E-state index in [4.69, 9.17) is 5.11 Å². The molecule has 0 fully saturated rings. The molecular weight excluding hydrogens is 278 g/mol. The monoisotopic (exact) mass is 291 g/mol. The number of carbonyl (C=O) groups is 2. The van der Waals surface area contributed by atoms with E-state index in [1.807, 2.05) is 6.92 Å². The number of para-hydroxylation sites is 1. The summed E-state index contributed by atoms with van der Waals surface area (Å²) in [5.41, 5.74) is 1.67. The fourth-order valence-corrected chi connectivity index (χ4v) is 2.44. The Kier molecular flexibility index (Phi) is 4.09. The first-order valence-electron chi connectivity index (χ1n) is 6.00. The van der Waals surface area contributed by atoms with Crippen LogP contribution in [0.2, 0.25) is 0 Å². The van der Waals surface area contributed by atoms with Gasteiger partial charge in [-0.25, -0.2) is 4.79 Å². The number of carbonyl (C=O) groups excluding carboxylic acids is 1. The minimum absolute atomic E-state index is 0.0638. The Hall–Kier alpha value is -2.28. The fraction of sp³-hybridized carbons (Fsp3) is 0.231. The summed E-state index contributed by atoms with van der Waals surface area (Å²) in [6, 6.07) is 4.84. The minimum atomic E-state index is -1.08. The van der Waals surface area contributed by atoms with E-state index in [1.54, 1.807) is 19.1 Å². The van der Waals surface area contributed by atoms with Crippen LogP contribution in [-0.4, -0.2) is 26.6 Å². The molecule has 0 spiro atoms. The zero-order chi connectivity index (χ0) is 14.7. The maximum Gasteiger partial charge on any atom is 0.337 e. The lowest BCUT2D eigenvalue weighted by atomic mass is 10.1. The van der Waals surface area contributed by atoms with Crippen LogP contribution in [0.1, 0.15) is 38.2 Å². The second-order valence-corrected chi connectivity index (χ2v) is 4.91. The number of hydrogen-bond acceptors (Lipinski definition) is 5. The first-order valence-corrected chi connectivity index (χ1v) is 6.77. The van der Waals surface area contributed by atoms with Crippen molar-refractivity contribution in [3.8, 4) is 0 Å². The largest absolute Gasteiger partial charge is 0.478 e. The van der Waals surface area contributed by atoms with Crippen LogP contribution in [0.5, 0.6) is 0 Å². The molecule has 0 atom stereocenters. The number of benzene rings is 1. The molecule has 0 saturated carbocycles. The Morgan fingerprint density at radius 1 is 1.40 bits per heavy atom. The van der Waals surface area contributed by atoms with Crippen molar-refractivity contribution in [2.24, 2.45) is 0 Å². The summed E-state index contributed by atoms with van der Waals surface area (Å²) in [6.07, 6.45) is 0.596. The highest BCUT2D eigenvalue weighted by Gasteiger charge is 2.19. The predicted octanol–water partition coefficient (Wildman–Crippen LogP) is 2.36. The molecule has 0 radical (unpaired) electrons. The molecule has 0 aliphatic heterocycles. The van der Waals surface area contributed by atoms with E-state index >= 15 is 0 Å². The summed E-state index contributed by atoms with van der Waals surface area (Å²) in [4.78, 5) is 23.8. The Labute approximate surface area is 119 Å². The van der Waals surface area contributed by atoms with Gasteiger partial charge in [-0.05, 0) is 36.5 Å². The fourth-order valence-electron chi connectivity index (χ4n) is 1.79. The van der Waals surface area contributed by atoms with Crippen molar-refractivity contribution in [3.63, 3.8) is 0 Å². The molecule has 20 heavy (non-hydrogen) atoms. The van der Waals surface area contributed by atoms with Gasteiger partial charge >= 0.3 is 5.97 Å². The van der Waals surface area contributed by atoms with Gasteiger partial charge in [0.2, 0.25) is 0 Å². The maximum absolute atomic E-state index is 12.2. The Bertz CT molecular complexity index is 667. The smallest absolute Gasteiger partial charge is 0.337 e. The highest BCUT2D eigenvalue weighted by molar-refractivity contribution is 7.08. The van der Waals surface area contributed by atoms with E-state index in [1.165, 1.54) is 6.07 Å². The molecule has 6 nitrogen and oxygen atoms in total. The molecule has 2 rings (SSSR count). The van der Waals surface area contributed by atoms with Gasteiger partial charge in [0.05, 0.1) is 16.9 Å². The van der Waals surface area contributed by atoms with Crippen LogP contribution >= 0.6 is 11.5 Å². The molecule has 1 aromatic heterocycles. The molecule has 1 aromatic carbocycles. The van der Waals surface area contributed by atoms with Crippen LogP contribution in [0.4, 0.5) is 5.69 Å². The summed E-state index contributed by atoms with van der Waals surface area (Å²) in [5.74, 6) is -1.46. The normalized spacial score (nSPS) is 10.3. The maximum atomic E-state index is 12.2. The molecule has 7 heteroatoms. The number of aromatic carboxylic acids is 1. The third kappa shape index (κ3) is 2.67. The average Bonchev–Trinajstić information content (AvgIpc) is 2.89. The van der Waals surface area contributed by atoms with Crippen LogP contribution < -0.4 is 5.32 Å². The molecule has 0 saturated heterocycles. The molecule has 0 unspecified atom stereocenters. The lowest BCUT2D eigenvalue weighted by molar-refractivity contribution is 0.0698. The van der Waals surface area contributed by atoms with E-state index in [-0.39, 0.29) is 11.5 Å². The summed E-state index contributed by atoms with van der Waals surface area (Å²) in [6.45, 7) is 3.62. The van der Waals surface area contributed by atoms with Crippen molar-refractivity contribution >= 4 is 29.1 Å². The molecule has 1 amide bonds. The number of rotatable bonds is 4. The van der Waals surface area contributed by atoms with E-state index < -0.39 is 5.97 Å². The SMILES string of the molecule is CCc1nnsc1C(=O)Nc1c(C)cccc1C(=O)O. The first-order chi connectivity index (χ1) is 9.54. The van der Waals surface area contributed by atoms with Crippen molar-refractivity contribution in [2.45, 2.75) is 20.3 Å². The predicted molar refractivity (Wildman–Crippen MR) is 75.4 cm³/mol. The van der Waals surface area contributed by atoms with Gasteiger partial charge in [0.1, 0.15) is 4.88 Å². The minimum Gasteiger partial charge on any atom is -0.478 e. The van der Waals surface area contributed by atoms with E-state index in [2.05, 4.69) is 14.9 Å². The topological polar surface area (TPSA) is 92.2 Å². The second kappa shape index (κ2) is 5.79. The van der Waals surface area contributed by atoms with Gasteiger partial charge in [-0.3, -0.25) is 4.79 Å². The Morgan fingerprint density at radius 3 is 2.80 bits per heavy atom. The van der Waals surface area contributed by atoms with Crippen molar-refractivity contribution in [3.05, 3.63) is 39.9 Å². The molecule has 1 heterocycles. The number of carboxylic acids is 1. The number of nitrogens with zero attached hydrogens (tertiary/aromatic N) is 2. The summed E-state index contributed by atoms with van der Waals surface area (Å²) in [7, 11) is 0. The van der Waals surface area contributed by atoms with Gasteiger partial charge in [-0.15, -0.1) is 5.10 Å². The summed E-state index contributed by atoms with van der Waals surface area (Å²) >= 11 is 1.00. The van der Waals surface area contributed by atoms with Crippen molar-refractivity contribution in [1.29, 1.82) is 0 Å². The van der Waals surface area contributed by atoms with Gasteiger partial charge in [0.25, 0.3) is 5.91 Å². The Morgan fingerprint density at radius 2 is 2.15 bits per heavy atom. The number of hydrogen-bond donors (Lipinski definition) is 2. The highest BCUT2D eigenvalue weighted by Crippen LogP contribution is 2.22. The lowest BCUT2D eigenvalue weighted by Gasteiger charge is -2.10. The van der Waals surface area contributed by atoms with E-state index in [0.29, 0.717) is 28.2 Å². The van der Waals surface area contributed by atoms with Crippen molar-refractivity contribution in [1.82, 2.24) is 9.59 Å². The van der Waals surface area contributed by atoms with Gasteiger partial charge in [-0.2, -0.15) is 0 Å². The summed E-state index contributed by atoms with van der Waals surface area (Å²) < 4.78 is 3.75. The molecular formula is C13H13N3O3S. The standard InChI is InChI=1S/C13H13N3O3S/c1-3-9-11(20-16-15-9)12(17)14-10-7(2)5-4-6-8(10)13(18)19/h4-6H,3H2,1-2H3,(H,14,17)(H,18,19).